The topological polar surface area (TPSA) is 105 Å². The van der Waals surface area contributed by atoms with E-state index in [9.17, 15) is 9.59 Å². The summed E-state index contributed by atoms with van der Waals surface area (Å²) in [7, 11) is 0. The summed E-state index contributed by atoms with van der Waals surface area (Å²) in [4.78, 5) is 28.0. The van der Waals surface area contributed by atoms with Gasteiger partial charge in [0, 0.05) is 24.5 Å². The van der Waals surface area contributed by atoms with E-state index in [1.54, 1.807) is 17.2 Å². The number of nitrogens with two attached hydrogens (primary N) is 2. The maximum Gasteiger partial charge on any atom is 0.270 e. The van der Waals surface area contributed by atoms with Crippen molar-refractivity contribution in [1.82, 2.24) is 9.88 Å². The summed E-state index contributed by atoms with van der Waals surface area (Å²) in [6.07, 6.45) is 3.11. The second-order valence-electron chi connectivity index (χ2n) is 4.83. The first-order valence-electron chi connectivity index (χ1n) is 6.03. The van der Waals surface area contributed by atoms with Gasteiger partial charge in [-0.2, -0.15) is 0 Å². The fraction of sp³-hybridized carbons (Fsp3) is 0.500. The quantitative estimate of drug-likeness (QED) is 0.704. The number of H-pyrrole nitrogens is 1. The van der Waals surface area contributed by atoms with Crippen molar-refractivity contribution >= 4 is 17.5 Å². The van der Waals surface area contributed by atoms with Gasteiger partial charge in [-0.15, -0.1) is 0 Å². The second-order valence-corrected chi connectivity index (χ2v) is 4.83. The first kappa shape index (κ1) is 12.5. The Morgan fingerprint density at radius 3 is 2.72 bits per heavy atom. The maximum atomic E-state index is 12.3. The molecule has 2 heterocycles. The van der Waals surface area contributed by atoms with Crippen LogP contribution in [0.15, 0.2) is 12.3 Å². The average Bonchev–Trinajstić information content (AvgIpc) is 2.75. The molecule has 0 aliphatic carbocycles. The van der Waals surface area contributed by atoms with Gasteiger partial charge in [-0.25, -0.2) is 0 Å². The SMILES string of the molecule is CC1CCC(C(N)=O)CN1C(=O)c1cc(N)c[nH]1. The molecule has 1 fully saturated rings. The van der Waals surface area contributed by atoms with E-state index in [0.717, 1.165) is 12.8 Å². The highest BCUT2D eigenvalue weighted by atomic mass is 16.2. The molecule has 1 aromatic rings. The van der Waals surface area contributed by atoms with Gasteiger partial charge in [0.2, 0.25) is 5.91 Å². The number of primary amides is 1. The molecule has 1 aliphatic rings. The second kappa shape index (κ2) is 4.72. The Labute approximate surface area is 105 Å². The minimum absolute atomic E-state index is 0.109. The first-order valence-corrected chi connectivity index (χ1v) is 6.03. The number of likely N-dealkylation sites (tertiary alicyclic amines) is 1. The smallest absolute Gasteiger partial charge is 0.270 e. The third-order valence-electron chi connectivity index (χ3n) is 3.48. The molecule has 0 saturated carbocycles. The minimum Gasteiger partial charge on any atom is -0.397 e. The Hall–Kier alpha value is -1.98. The normalized spacial score (nSPS) is 23.9. The summed E-state index contributed by atoms with van der Waals surface area (Å²) < 4.78 is 0. The fourth-order valence-electron chi connectivity index (χ4n) is 2.31. The van der Waals surface area contributed by atoms with Crippen molar-refractivity contribution < 1.29 is 9.59 Å². The van der Waals surface area contributed by atoms with Gasteiger partial charge >= 0.3 is 0 Å². The predicted molar refractivity (Wildman–Crippen MR) is 67.6 cm³/mol. The molecule has 2 unspecified atom stereocenters. The third-order valence-corrected chi connectivity index (χ3v) is 3.48. The third kappa shape index (κ3) is 2.32. The highest BCUT2D eigenvalue weighted by molar-refractivity contribution is 5.94. The van der Waals surface area contributed by atoms with Crippen LogP contribution in [0.2, 0.25) is 0 Å². The molecular formula is C12H18N4O2. The number of nitrogens with one attached hydrogen (secondary N) is 1. The van der Waals surface area contributed by atoms with Gasteiger partial charge in [0.05, 0.1) is 5.92 Å². The summed E-state index contributed by atoms with van der Waals surface area (Å²) in [5.41, 5.74) is 11.9. The first-order chi connectivity index (χ1) is 8.49. The van der Waals surface area contributed by atoms with Gasteiger partial charge in [-0.05, 0) is 25.8 Å². The van der Waals surface area contributed by atoms with Crippen LogP contribution in [-0.2, 0) is 4.79 Å². The van der Waals surface area contributed by atoms with E-state index in [1.807, 2.05) is 6.92 Å². The van der Waals surface area contributed by atoms with Crippen LogP contribution in [0.1, 0.15) is 30.3 Å². The van der Waals surface area contributed by atoms with Crippen molar-refractivity contribution in [2.75, 3.05) is 12.3 Å². The van der Waals surface area contributed by atoms with E-state index in [2.05, 4.69) is 4.98 Å². The molecule has 2 amide bonds. The number of hydrogen-bond donors (Lipinski definition) is 3. The summed E-state index contributed by atoms with van der Waals surface area (Å²) in [6.45, 7) is 2.36. The molecule has 5 N–H and O–H groups in total. The lowest BCUT2D eigenvalue weighted by atomic mass is 9.92. The molecule has 2 atom stereocenters. The highest BCUT2D eigenvalue weighted by Gasteiger charge is 2.32. The Morgan fingerprint density at radius 2 is 2.17 bits per heavy atom. The van der Waals surface area contributed by atoms with Crippen molar-refractivity contribution in [3.05, 3.63) is 18.0 Å². The molecule has 1 aromatic heterocycles. The van der Waals surface area contributed by atoms with Crippen LogP contribution in [0.5, 0.6) is 0 Å². The number of nitrogens with zero attached hydrogens (tertiary/aromatic N) is 1. The Kier molecular flexibility index (Phi) is 3.27. The molecule has 2 rings (SSSR count). The van der Waals surface area contributed by atoms with Crippen molar-refractivity contribution in [3.8, 4) is 0 Å². The molecule has 1 saturated heterocycles. The molecular weight excluding hydrogens is 232 g/mol. The van der Waals surface area contributed by atoms with Crippen LogP contribution in [0.4, 0.5) is 5.69 Å². The van der Waals surface area contributed by atoms with Crippen LogP contribution >= 0.6 is 0 Å². The number of amides is 2. The van der Waals surface area contributed by atoms with E-state index < -0.39 is 0 Å². The van der Waals surface area contributed by atoms with Crippen LogP contribution in [0.25, 0.3) is 0 Å². The number of aromatic amines is 1. The largest absolute Gasteiger partial charge is 0.397 e. The number of piperidine rings is 1. The van der Waals surface area contributed by atoms with Crippen molar-refractivity contribution in [1.29, 1.82) is 0 Å². The lowest BCUT2D eigenvalue weighted by Gasteiger charge is -2.36. The monoisotopic (exact) mass is 250 g/mol. The Balaban J connectivity index is 2.15. The van der Waals surface area contributed by atoms with E-state index >= 15 is 0 Å². The fourth-order valence-corrected chi connectivity index (χ4v) is 2.31. The number of carbonyl (C=O) groups excluding carboxylic acids is 2. The number of anilines is 1. The Bertz CT molecular complexity index is 468. The number of nitrogen functional groups attached to an aromatic ring is 1. The number of carbonyl (C=O) groups is 2. The van der Waals surface area contributed by atoms with E-state index in [1.165, 1.54) is 0 Å². The summed E-state index contributed by atoms with van der Waals surface area (Å²) in [5, 5.41) is 0. The van der Waals surface area contributed by atoms with E-state index in [4.69, 9.17) is 11.5 Å². The van der Waals surface area contributed by atoms with Gasteiger partial charge < -0.3 is 21.4 Å². The maximum absolute atomic E-state index is 12.3. The number of rotatable bonds is 2. The van der Waals surface area contributed by atoms with Crippen LogP contribution < -0.4 is 11.5 Å². The lowest BCUT2D eigenvalue weighted by molar-refractivity contribution is -0.123. The molecule has 98 valence electrons. The lowest BCUT2D eigenvalue weighted by Crippen LogP contribution is -2.48. The molecule has 6 heteroatoms. The zero-order valence-electron chi connectivity index (χ0n) is 10.3. The van der Waals surface area contributed by atoms with Gasteiger partial charge in [0.1, 0.15) is 5.69 Å². The van der Waals surface area contributed by atoms with Crippen LogP contribution in [-0.4, -0.2) is 34.3 Å². The zero-order valence-corrected chi connectivity index (χ0v) is 10.3. The van der Waals surface area contributed by atoms with Crippen LogP contribution in [0, 0.1) is 5.92 Å². The summed E-state index contributed by atoms with van der Waals surface area (Å²) in [6, 6.07) is 1.71. The van der Waals surface area contributed by atoms with Gasteiger partial charge in [0.25, 0.3) is 5.91 Å². The van der Waals surface area contributed by atoms with E-state index in [0.29, 0.717) is 17.9 Å². The van der Waals surface area contributed by atoms with Gasteiger partial charge in [-0.3, -0.25) is 9.59 Å². The molecule has 0 aromatic carbocycles. The standard InChI is InChI=1S/C12H18N4O2/c1-7-2-3-8(11(14)17)6-16(7)12(18)10-4-9(13)5-15-10/h4-5,7-8,15H,2-3,6,13H2,1H3,(H2,14,17). The average molecular weight is 250 g/mol. The molecule has 1 aliphatic heterocycles. The molecule has 0 radical (unpaired) electrons. The van der Waals surface area contributed by atoms with Crippen molar-refractivity contribution in [2.45, 2.75) is 25.8 Å². The molecule has 0 bridgehead atoms. The number of aromatic nitrogens is 1. The summed E-state index contributed by atoms with van der Waals surface area (Å²) >= 11 is 0. The molecule has 0 spiro atoms. The van der Waals surface area contributed by atoms with Crippen LogP contribution in [0.3, 0.4) is 0 Å². The van der Waals surface area contributed by atoms with Crippen molar-refractivity contribution in [2.24, 2.45) is 11.7 Å². The minimum atomic E-state index is -0.342. The summed E-state index contributed by atoms with van der Waals surface area (Å²) in [5.74, 6) is -0.728. The molecule has 18 heavy (non-hydrogen) atoms. The zero-order chi connectivity index (χ0) is 13.3. The van der Waals surface area contributed by atoms with Gasteiger partial charge in [-0.1, -0.05) is 0 Å². The van der Waals surface area contributed by atoms with E-state index in [-0.39, 0.29) is 23.8 Å². The predicted octanol–water partition coefficient (Wildman–Crippen LogP) is 0.323. The van der Waals surface area contributed by atoms with Crippen molar-refractivity contribution in [3.63, 3.8) is 0 Å². The molecule has 6 nitrogen and oxygen atoms in total. The highest BCUT2D eigenvalue weighted by Crippen LogP contribution is 2.23. The number of hydrogen-bond acceptors (Lipinski definition) is 3. The van der Waals surface area contributed by atoms with Gasteiger partial charge in [0.15, 0.2) is 0 Å². The Morgan fingerprint density at radius 1 is 1.44 bits per heavy atom.